The van der Waals surface area contributed by atoms with Crippen LogP contribution in [0.1, 0.15) is 10.7 Å². The summed E-state index contributed by atoms with van der Waals surface area (Å²) in [5.74, 6) is 0.434. The summed E-state index contributed by atoms with van der Waals surface area (Å²) < 4.78 is 2.90. The maximum absolute atomic E-state index is 12.6. The molecule has 4 aromatic rings. The molecule has 0 amide bonds. The number of aromatic nitrogens is 5. The summed E-state index contributed by atoms with van der Waals surface area (Å²) in [6.45, 7) is 5.93. The van der Waals surface area contributed by atoms with Gasteiger partial charge in [-0.2, -0.15) is 9.61 Å². The van der Waals surface area contributed by atoms with Gasteiger partial charge in [0.15, 0.2) is 5.16 Å². The van der Waals surface area contributed by atoms with Crippen molar-refractivity contribution in [2.75, 3.05) is 0 Å². The summed E-state index contributed by atoms with van der Waals surface area (Å²) in [6.07, 6.45) is 1.67. The minimum Gasteiger partial charge on any atom is -0.283 e. The maximum atomic E-state index is 12.6. The summed E-state index contributed by atoms with van der Waals surface area (Å²) in [5.41, 5.74) is 0.342. The van der Waals surface area contributed by atoms with Crippen molar-refractivity contribution in [3.8, 4) is 0 Å². The lowest BCUT2D eigenvalue weighted by molar-refractivity contribution is 0.672. The van der Waals surface area contributed by atoms with Gasteiger partial charge in [0, 0.05) is 18.4 Å². The fourth-order valence-electron chi connectivity index (χ4n) is 2.49. The van der Waals surface area contributed by atoms with E-state index in [9.17, 15) is 9.59 Å². The molecular weight excluding hydrogens is 390 g/mol. The van der Waals surface area contributed by atoms with Crippen molar-refractivity contribution in [1.29, 1.82) is 0 Å². The second-order valence-corrected chi connectivity index (χ2v) is 8.43. The van der Waals surface area contributed by atoms with Crippen molar-refractivity contribution in [1.82, 2.24) is 24.1 Å². The minimum atomic E-state index is -0.208. The van der Waals surface area contributed by atoms with Crippen molar-refractivity contribution in [2.45, 2.75) is 24.4 Å². The third-order valence-corrected chi connectivity index (χ3v) is 6.25. The lowest BCUT2D eigenvalue weighted by Gasteiger charge is -2.09. The van der Waals surface area contributed by atoms with Crippen molar-refractivity contribution in [2.24, 2.45) is 0 Å². The molecule has 0 aliphatic heterocycles. The van der Waals surface area contributed by atoms with Crippen molar-refractivity contribution in [3.05, 3.63) is 61.6 Å². The molecule has 0 N–H and O–H groups in total. The average Bonchev–Trinajstić information content (AvgIpc) is 3.22. The first-order valence-corrected chi connectivity index (χ1v) is 10.3. The molecule has 0 bridgehead atoms. The van der Waals surface area contributed by atoms with Gasteiger partial charge in [0.1, 0.15) is 9.84 Å². The van der Waals surface area contributed by atoms with Crippen molar-refractivity contribution >= 4 is 49.6 Å². The molecule has 10 heteroatoms. The first kappa shape index (κ1) is 17.1. The topological polar surface area (TPSA) is 82.2 Å². The van der Waals surface area contributed by atoms with Crippen LogP contribution in [0.2, 0.25) is 0 Å². The first-order chi connectivity index (χ1) is 12.6. The van der Waals surface area contributed by atoms with Crippen LogP contribution >= 0.6 is 34.4 Å². The Morgan fingerprint density at radius 2 is 2.19 bits per heavy atom. The van der Waals surface area contributed by atoms with Gasteiger partial charge in [-0.05, 0) is 18.4 Å². The van der Waals surface area contributed by atoms with Gasteiger partial charge in [0.05, 0.1) is 11.1 Å². The van der Waals surface area contributed by atoms with Gasteiger partial charge in [-0.15, -0.1) is 17.9 Å². The van der Waals surface area contributed by atoms with Gasteiger partial charge in [0.2, 0.25) is 4.96 Å². The fourth-order valence-corrected chi connectivity index (χ4v) is 4.97. The lowest BCUT2D eigenvalue weighted by atomic mass is 10.4. The van der Waals surface area contributed by atoms with Gasteiger partial charge < -0.3 is 0 Å². The molecule has 7 nitrogen and oxygen atoms in total. The van der Waals surface area contributed by atoms with Crippen LogP contribution in [0.25, 0.3) is 15.2 Å². The molecule has 132 valence electrons. The molecule has 0 atom stereocenters. The quantitative estimate of drug-likeness (QED) is 0.289. The Labute approximate surface area is 159 Å². The van der Waals surface area contributed by atoms with Gasteiger partial charge in [0.25, 0.3) is 11.1 Å². The van der Waals surface area contributed by atoms with E-state index in [2.05, 4.69) is 21.6 Å². The van der Waals surface area contributed by atoms with E-state index in [1.165, 1.54) is 45.0 Å². The second kappa shape index (κ2) is 6.78. The smallest absolute Gasteiger partial charge is 0.275 e. The number of hydrogen-bond donors (Lipinski definition) is 0. The normalized spacial score (nSPS) is 11.4. The van der Waals surface area contributed by atoms with E-state index in [-0.39, 0.29) is 11.1 Å². The highest BCUT2D eigenvalue weighted by molar-refractivity contribution is 7.98. The van der Waals surface area contributed by atoms with Crippen LogP contribution in [-0.2, 0) is 12.3 Å². The number of hydrogen-bond acceptors (Lipinski definition) is 8. The third kappa shape index (κ3) is 3.00. The number of nitrogens with zero attached hydrogens (tertiary/aromatic N) is 5. The largest absolute Gasteiger partial charge is 0.283 e. The highest BCUT2D eigenvalue weighted by atomic mass is 32.2. The Kier molecular flexibility index (Phi) is 4.47. The summed E-state index contributed by atoms with van der Waals surface area (Å²) in [5, 5.41) is 7.97. The maximum Gasteiger partial charge on any atom is 0.275 e. The molecule has 0 aliphatic rings. The third-order valence-electron chi connectivity index (χ3n) is 3.61. The lowest BCUT2D eigenvalue weighted by Crippen LogP contribution is -2.22. The average molecular weight is 404 g/mol. The molecule has 4 heterocycles. The molecule has 0 aliphatic carbocycles. The number of rotatable bonds is 5. The summed E-state index contributed by atoms with van der Waals surface area (Å²) in [7, 11) is 0. The van der Waals surface area contributed by atoms with Gasteiger partial charge >= 0.3 is 0 Å². The second-order valence-electron chi connectivity index (χ2n) is 5.43. The predicted octanol–water partition coefficient (Wildman–Crippen LogP) is 2.71. The van der Waals surface area contributed by atoms with Crippen molar-refractivity contribution in [3.63, 3.8) is 0 Å². The molecular formula is C16H13N5O2S3. The zero-order valence-corrected chi connectivity index (χ0v) is 16.2. The van der Waals surface area contributed by atoms with E-state index >= 15 is 0 Å². The monoisotopic (exact) mass is 403 g/mol. The molecule has 0 saturated heterocycles. The zero-order valence-electron chi connectivity index (χ0n) is 13.7. The Morgan fingerprint density at radius 3 is 3.00 bits per heavy atom. The van der Waals surface area contributed by atoms with Crippen LogP contribution < -0.4 is 11.1 Å². The highest BCUT2D eigenvalue weighted by Gasteiger charge is 2.13. The van der Waals surface area contributed by atoms with Crippen LogP contribution in [0, 0.1) is 6.92 Å². The number of thioether (sulfide) groups is 1. The molecule has 26 heavy (non-hydrogen) atoms. The summed E-state index contributed by atoms with van der Waals surface area (Å²) >= 11 is 4.18. The molecule has 0 radical (unpaired) electrons. The zero-order chi connectivity index (χ0) is 18.3. The number of fused-ring (bicyclic) bond motifs is 2. The van der Waals surface area contributed by atoms with Crippen LogP contribution in [0.4, 0.5) is 0 Å². The number of aryl methyl sites for hydroxylation is 1. The van der Waals surface area contributed by atoms with Crippen LogP contribution in [0.3, 0.4) is 0 Å². The molecule has 4 rings (SSSR count). The molecule has 4 aromatic heterocycles. The van der Waals surface area contributed by atoms with E-state index in [1.54, 1.807) is 16.7 Å². The van der Waals surface area contributed by atoms with E-state index < -0.39 is 0 Å². The van der Waals surface area contributed by atoms with Crippen LogP contribution in [0.5, 0.6) is 0 Å². The first-order valence-electron chi connectivity index (χ1n) is 7.65. The molecule has 0 spiro atoms. The van der Waals surface area contributed by atoms with Gasteiger partial charge in [-0.25, -0.2) is 9.97 Å². The number of thiophene rings is 1. The van der Waals surface area contributed by atoms with E-state index in [0.29, 0.717) is 38.3 Å². The Balaban J connectivity index is 1.71. The Bertz CT molecular complexity index is 1250. The fraction of sp³-hybridized carbons (Fsp3) is 0.188. The Morgan fingerprint density at radius 1 is 1.35 bits per heavy atom. The molecule has 0 fully saturated rings. The standard InChI is InChI=1S/C16H13N5O2S3/c1-3-5-20-14(23)11-4-6-24-13(11)18-15(20)25-8-10-7-12(22)21-16(17-10)26-9(2)19-21/h3-4,6-7H,1,5,8H2,2H3. The van der Waals surface area contributed by atoms with E-state index in [0.717, 1.165) is 5.01 Å². The predicted molar refractivity (Wildman–Crippen MR) is 106 cm³/mol. The van der Waals surface area contributed by atoms with Crippen LogP contribution in [-0.4, -0.2) is 24.1 Å². The van der Waals surface area contributed by atoms with E-state index in [1.807, 2.05) is 12.3 Å². The van der Waals surface area contributed by atoms with Gasteiger partial charge in [-0.1, -0.05) is 29.2 Å². The van der Waals surface area contributed by atoms with E-state index in [4.69, 9.17) is 0 Å². The van der Waals surface area contributed by atoms with Crippen LogP contribution in [0.15, 0.2) is 44.9 Å². The molecule has 0 aromatic carbocycles. The molecule has 0 unspecified atom stereocenters. The summed E-state index contributed by atoms with van der Waals surface area (Å²) in [6, 6.07) is 3.25. The highest BCUT2D eigenvalue weighted by Crippen LogP contribution is 2.24. The number of allylic oxidation sites excluding steroid dienone is 1. The van der Waals surface area contributed by atoms with Gasteiger partial charge in [-0.3, -0.25) is 14.2 Å². The Hall–Kier alpha value is -2.30. The summed E-state index contributed by atoms with van der Waals surface area (Å²) in [4.78, 5) is 35.2. The van der Waals surface area contributed by atoms with Crippen molar-refractivity contribution < 1.29 is 0 Å². The SMILES string of the molecule is C=CCn1c(SCc2cc(=O)n3nc(C)sc3n2)nc2sccc2c1=O. The molecule has 0 saturated carbocycles. The minimum absolute atomic E-state index is 0.0831.